The van der Waals surface area contributed by atoms with Crippen LogP contribution >= 0.6 is 24.0 Å². The number of hydrogen-bond donors (Lipinski definition) is 3. The monoisotopic (exact) mass is 394 g/mol. The van der Waals surface area contributed by atoms with Crippen molar-refractivity contribution < 1.29 is 4.99 Å². The maximum Gasteiger partial charge on any atom is 0.255 e. The molecule has 0 amide bonds. The van der Waals surface area contributed by atoms with Gasteiger partial charge in [-0.05, 0) is 42.3 Å². The van der Waals surface area contributed by atoms with Crippen molar-refractivity contribution in [2.24, 2.45) is 11.1 Å². The molecule has 5 heteroatoms. The number of nitriles is 1. The molecule has 1 aromatic carbocycles. The molecule has 0 bridgehead atoms. The second-order valence-corrected chi connectivity index (χ2v) is 9.06. The predicted octanol–water partition coefficient (Wildman–Crippen LogP) is 3.87. The summed E-state index contributed by atoms with van der Waals surface area (Å²) in [6, 6.07) is 13.3. The average Bonchev–Trinajstić information content (AvgIpc) is 3.12. The van der Waals surface area contributed by atoms with Gasteiger partial charge in [0.05, 0.1) is 5.57 Å². The van der Waals surface area contributed by atoms with Crippen molar-refractivity contribution in [3.63, 3.8) is 0 Å². The summed E-state index contributed by atoms with van der Waals surface area (Å²) in [5, 5.41) is 12.7. The van der Waals surface area contributed by atoms with Crippen molar-refractivity contribution in [3.05, 3.63) is 56.8 Å². The molecule has 27 heavy (non-hydrogen) atoms. The number of benzene rings is 1. The molecule has 138 valence electrons. The third-order valence-corrected chi connectivity index (χ3v) is 7.34. The minimum atomic E-state index is -0.227. The van der Waals surface area contributed by atoms with Gasteiger partial charge < -0.3 is 0 Å². The summed E-state index contributed by atoms with van der Waals surface area (Å²) in [5.74, 6) is 0.741. The number of allylic oxidation sites excluding steroid dienone is 1. The molecule has 1 aliphatic heterocycles. The van der Waals surface area contributed by atoms with Crippen LogP contribution in [0, 0.1) is 23.7 Å². The lowest BCUT2D eigenvalue weighted by Crippen LogP contribution is -2.77. The fraction of sp³-hybridized carbons (Fsp3) is 0.364. The SMILES string of the molecule is Cc1ccc(-c2csc([C@H]3C(N)=[NH+]C(S)=C(C#N)C34CCCCC4)c2)cc1. The molecule has 1 aliphatic carbocycles. The summed E-state index contributed by atoms with van der Waals surface area (Å²) >= 11 is 6.30. The first-order chi connectivity index (χ1) is 13.0. The van der Waals surface area contributed by atoms with Crippen LogP contribution in [0.25, 0.3) is 11.1 Å². The number of thiol groups is 1. The zero-order chi connectivity index (χ0) is 19.0. The molecule has 1 fully saturated rings. The van der Waals surface area contributed by atoms with Crippen LogP contribution in [-0.2, 0) is 0 Å². The third kappa shape index (κ3) is 3.11. The van der Waals surface area contributed by atoms with Gasteiger partial charge in [0, 0.05) is 10.3 Å². The van der Waals surface area contributed by atoms with E-state index in [1.54, 1.807) is 11.3 Å². The average molecular weight is 395 g/mol. The lowest BCUT2D eigenvalue weighted by atomic mass is 9.60. The van der Waals surface area contributed by atoms with Crippen molar-refractivity contribution in [1.29, 1.82) is 5.26 Å². The van der Waals surface area contributed by atoms with Gasteiger partial charge in [0.15, 0.2) is 5.03 Å². The Kier molecular flexibility index (Phi) is 4.88. The van der Waals surface area contributed by atoms with E-state index >= 15 is 0 Å². The zero-order valence-corrected chi connectivity index (χ0v) is 17.2. The molecule has 1 atom stereocenters. The van der Waals surface area contributed by atoms with E-state index in [1.165, 1.54) is 28.0 Å². The van der Waals surface area contributed by atoms with Gasteiger partial charge in [-0.2, -0.15) is 5.26 Å². The summed E-state index contributed by atoms with van der Waals surface area (Å²) in [5.41, 5.74) is 10.7. The van der Waals surface area contributed by atoms with Crippen LogP contribution in [-0.4, -0.2) is 5.84 Å². The van der Waals surface area contributed by atoms with E-state index < -0.39 is 0 Å². The Morgan fingerprint density at radius 1 is 1.19 bits per heavy atom. The lowest BCUT2D eigenvalue weighted by molar-refractivity contribution is -0.391. The fourth-order valence-electron chi connectivity index (χ4n) is 4.66. The van der Waals surface area contributed by atoms with Crippen molar-refractivity contribution >= 4 is 29.8 Å². The summed E-state index contributed by atoms with van der Waals surface area (Å²) in [6.07, 6.45) is 5.47. The highest BCUT2D eigenvalue weighted by Gasteiger charge is 2.52. The highest BCUT2D eigenvalue weighted by molar-refractivity contribution is 7.84. The molecule has 3 nitrogen and oxygen atoms in total. The zero-order valence-electron chi connectivity index (χ0n) is 15.5. The second-order valence-electron chi connectivity index (χ2n) is 7.67. The highest BCUT2D eigenvalue weighted by Crippen LogP contribution is 2.54. The number of nitrogens with zero attached hydrogens (tertiary/aromatic N) is 1. The van der Waals surface area contributed by atoms with Crippen molar-refractivity contribution in [2.45, 2.75) is 44.9 Å². The Labute approximate surface area is 170 Å². The number of aryl methyl sites for hydroxylation is 1. The van der Waals surface area contributed by atoms with E-state index in [4.69, 9.17) is 5.73 Å². The first-order valence-corrected chi connectivity index (χ1v) is 10.8. The molecule has 3 N–H and O–H groups in total. The number of rotatable bonds is 2. The van der Waals surface area contributed by atoms with E-state index in [0.717, 1.165) is 37.1 Å². The maximum atomic E-state index is 9.90. The summed E-state index contributed by atoms with van der Waals surface area (Å²) in [4.78, 5) is 4.41. The Bertz CT molecular complexity index is 954. The Balaban J connectivity index is 1.79. The van der Waals surface area contributed by atoms with Gasteiger partial charge in [0.2, 0.25) is 0 Å². The number of hydrogen-bond acceptors (Lipinski definition) is 4. The van der Waals surface area contributed by atoms with E-state index in [2.05, 4.69) is 66.3 Å². The van der Waals surface area contributed by atoms with Crippen LogP contribution in [0.3, 0.4) is 0 Å². The number of thiophene rings is 1. The Morgan fingerprint density at radius 3 is 2.56 bits per heavy atom. The maximum absolute atomic E-state index is 9.90. The topological polar surface area (TPSA) is 63.8 Å². The van der Waals surface area contributed by atoms with E-state index in [9.17, 15) is 5.26 Å². The van der Waals surface area contributed by atoms with Crippen molar-refractivity contribution in [1.82, 2.24) is 0 Å². The smallest absolute Gasteiger partial charge is 0.255 e. The van der Waals surface area contributed by atoms with Gasteiger partial charge in [-0.15, -0.1) is 24.0 Å². The highest BCUT2D eigenvalue weighted by atomic mass is 32.1. The van der Waals surface area contributed by atoms with Crippen LogP contribution in [0.5, 0.6) is 0 Å². The number of amidine groups is 1. The largest absolute Gasteiger partial charge is 0.290 e. The molecule has 1 saturated carbocycles. The molecule has 1 spiro atoms. The molecule has 2 aromatic rings. The van der Waals surface area contributed by atoms with E-state index in [-0.39, 0.29) is 11.3 Å². The first kappa shape index (κ1) is 18.3. The quantitative estimate of drug-likeness (QED) is 0.677. The van der Waals surface area contributed by atoms with Gasteiger partial charge in [-0.25, -0.2) is 4.99 Å². The third-order valence-electron chi connectivity index (χ3n) is 6.01. The van der Waals surface area contributed by atoms with E-state index in [1.807, 2.05) is 0 Å². The molecule has 0 radical (unpaired) electrons. The predicted molar refractivity (Wildman–Crippen MR) is 115 cm³/mol. The lowest BCUT2D eigenvalue weighted by Gasteiger charge is -2.42. The summed E-state index contributed by atoms with van der Waals surface area (Å²) < 4.78 is 0. The Morgan fingerprint density at radius 2 is 1.89 bits per heavy atom. The number of nitrogens with two attached hydrogens (primary N) is 1. The molecule has 4 rings (SSSR count). The van der Waals surface area contributed by atoms with Gasteiger partial charge in [0.1, 0.15) is 12.0 Å². The molecular weight excluding hydrogens is 370 g/mol. The molecule has 0 unspecified atom stereocenters. The van der Waals surface area contributed by atoms with E-state index in [0.29, 0.717) is 5.03 Å². The Hall–Kier alpha value is -2.03. The number of nitrogens with one attached hydrogen (secondary N) is 1. The van der Waals surface area contributed by atoms with Crippen LogP contribution in [0.1, 0.15) is 48.5 Å². The molecular formula is C22H24N3S2+. The van der Waals surface area contributed by atoms with Crippen LogP contribution in [0.15, 0.2) is 46.3 Å². The molecule has 2 aliphatic rings. The van der Waals surface area contributed by atoms with Gasteiger partial charge in [0.25, 0.3) is 5.84 Å². The minimum Gasteiger partial charge on any atom is -0.290 e. The van der Waals surface area contributed by atoms with Crippen LogP contribution in [0.4, 0.5) is 0 Å². The van der Waals surface area contributed by atoms with Crippen molar-refractivity contribution in [3.8, 4) is 17.2 Å². The van der Waals surface area contributed by atoms with Gasteiger partial charge in [-0.3, -0.25) is 5.73 Å². The summed E-state index contributed by atoms with van der Waals surface area (Å²) in [6.45, 7) is 2.10. The minimum absolute atomic E-state index is 0.0209. The fourth-order valence-corrected chi connectivity index (χ4v) is 6.21. The van der Waals surface area contributed by atoms with Crippen molar-refractivity contribution in [2.75, 3.05) is 0 Å². The molecule has 2 heterocycles. The molecule has 1 aromatic heterocycles. The van der Waals surface area contributed by atoms with Crippen LogP contribution in [0.2, 0.25) is 0 Å². The van der Waals surface area contributed by atoms with Crippen LogP contribution < -0.4 is 10.7 Å². The normalized spacial score (nSPS) is 21.8. The molecule has 0 saturated heterocycles. The van der Waals surface area contributed by atoms with Gasteiger partial charge >= 0.3 is 0 Å². The standard InChI is InChI=1S/C22H23N3S2/c1-14-5-7-15(8-6-14)16-11-18(27-13-16)19-20(24)25-21(26)17(12-23)22(19)9-3-2-4-10-22/h5-8,11,13,19,26H,2-4,9-10H2,1H3,(H2,24,25)/p+1/t19-/m0/s1. The summed E-state index contributed by atoms with van der Waals surface area (Å²) in [7, 11) is 0. The van der Waals surface area contributed by atoms with Gasteiger partial charge in [-0.1, -0.05) is 49.1 Å². The first-order valence-electron chi connectivity index (χ1n) is 9.44. The second kappa shape index (κ2) is 7.18.